The second-order valence-corrected chi connectivity index (χ2v) is 6.11. The van der Waals surface area contributed by atoms with Gasteiger partial charge in [0.1, 0.15) is 5.65 Å². The molecule has 1 aliphatic heterocycles. The summed E-state index contributed by atoms with van der Waals surface area (Å²) in [4.78, 5) is 15.9. The number of rotatable bonds is 2. The van der Waals surface area contributed by atoms with E-state index in [4.69, 9.17) is 0 Å². The van der Waals surface area contributed by atoms with E-state index in [1.54, 1.807) is 0 Å². The highest BCUT2D eigenvalue weighted by atomic mass is 16.1. The van der Waals surface area contributed by atoms with Crippen LogP contribution >= 0.6 is 0 Å². The lowest BCUT2D eigenvalue weighted by atomic mass is 10.0. The number of nitrogens with one attached hydrogen (secondary N) is 2. The fourth-order valence-electron chi connectivity index (χ4n) is 3.20. The molecular weight excluding hydrogens is 252 g/mol. The van der Waals surface area contributed by atoms with Gasteiger partial charge in [0, 0.05) is 17.3 Å². The van der Waals surface area contributed by atoms with Crippen molar-refractivity contribution in [3.8, 4) is 0 Å². The maximum absolute atomic E-state index is 12.4. The summed E-state index contributed by atoms with van der Waals surface area (Å²) in [6.45, 7) is 2.95. The third-order valence-corrected chi connectivity index (χ3v) is 4.56. The highest BCUT2D eigenvalue weighted by molar-refractivity contribution is 5.43. The average Bonchev–Trinajstić information content (AvgIpc) is 3.23. The van der Waals surface area contributed by atoms with E-state index in [1.165, 1.54) is 30.2 Å². The molecule has 4 rings (SSSR count). The molecule has 0 unspecified atom stereocenters. The molecule has 2 aromatic heterocycles. The first-order valence-corrected chi connectivity index (χ1v) is 7.60. The predicted molar refractivity (Wildman–Crippen MR) is 77.1 cm³/mol. The fraction of sp³-hybridized carbons (Fsp3) is 0.600. The minimum absolute atomic E-state index is 0.0303. The van der Waals surface area contributed by atoms with Crippen molar-refractivity contribution in [3.63, 3.8) is 0 Å². The van der Waals surface area contributed by atoms with Crippen LogP contribution < -0.4 is 10.9 Å². The molecule has 1 saturated heterocycles. The Morgan fingerprint density at radius 3 is 2.85 bits per heavy atom. The monoisotopic (exact) mass is 272 g/mol. The van der Waals surface area contributed by atoms with Gasteiger partial charge in [0.25, 0.3) is 5.56 Å². The fourth-order valence-corrected chi connectivity index (χ4v) is 3.20. The Morgan fingerprint density at radius 2 is 2.15 bits per heavy atom. The molecule has 5 heteroatoms. The van der Waals surface area contributed by atoms with Crippen LogP contribution in [0.25, 0.3) is 5.65 Å². The Kier molecular flexibility index (Phi) is 2.70. The molecule has 0 amide bonds. The number of piperidine rings is 1. The van der Waals surface area contributed by atoms with Gasteiger partial charge in [-0.2, -0.15) is 9.61 Å². The molecule has 0 aromatic carbocycles. The standard InChI is InChI=1S/C15H20N4O/c1-9-14(10-5-6-10)17-13-8-12(18-19(13)15(9)20)11-4-2-3-7-16-11/h8,10-11,16-17H,2-7H2,1H3/t11-/m0/s1. The van der Waals surface area contributed by atoms with E-state index >= 15 is 0 Å². The molecule has 2 N–H and O–H groups in total. The van der Waals surface area contributed by atoms with Crippen LogP contribution in [0.5, 0.6) is 0 Å². The van der Waals surface area contributed by atoms with E-state index < -0.39 is 0 Å². The summed E-state index contributed by atoms with van der Waals surface area (Å²) < 4.78 is 1.53. The number of H-pyrrole nitrogens is 1. The summed E-state index contributed by atoms with van der Waals surface area (Å²) in [6.07, 6.45) is 5.95. The van der Waals surface area contributed by atoms with Gasteiger partial charge in [0.2, 0.25) is 0 Å². The van der Waals surface area contributed by atoms with Gasteiger partial charge in [0.05, 0.1) is 11.7 Å². The molecule has 5 nitrogen and oxygen atoms in total. The number of nitrogens with zero attached hydrogens (tertiary/aromatic N) is 2. The Morgan fingerprint density at radius 1 is 1.30 bits per heavy atom. The molecular formula is C15H20N4O. The number of hydrogen-bond acceptors (Lipinski definition) is 3. The topological polar surface area (TPSA) is 62.2 Å². The van der Waals surface area contributed by atoms with Gasteiger partial charge in [-0.05, 0) is 45.1 Å². The van der Waals surface area contributed by atoms with Crippen molar-refractivity contribution in [2.45, 2.75) is 51.0 Å². The minimum Gasteiger partial charge on any atom is -0.343 e. The summed E-state index contributed by atoms with van der Waals surface area (Å²) in [6, 6.07) is 2.33. The molecule has 2 aromatic rings. The Hall–Kier alpha value is -1.62. The van der Waals surface area contributed by atoms with Crippen LogP contribution in [0.4, 0.5) is 0 Å². The largest absolute Gasteiger partial charge is 0.343 e. The number of aromatic nitrogens is 3. The SMILES string of the molecule is Cc1c(C2CC2)[nH]c2cc([C@@H]3CCCCN3)nn2c1=O. The lowest BCUT2D eigenvalue weighted by molar-refractivity contribution is 0.404. The third kappa shape index (κ3) is 1.88. The highest BCUT2D eigenvalue weighted by Gasteiger charge is 2.28. The van der Waals surface area contributed by atoms with Gasteiger partial charge >= 0.3 is 0 Å². The van der Waals surface area contributed by atoms with E-state index in [-0.39, 0.29) is 5.56 Å². The third-order valence-electron chi connectivity index (χ3n) is 4.56. The minimum atomic E-state index is 0.0303. The maximum Gasteiger partial charge on any atom is 0.277 e. The first-order chi connectivity index (χ1) is 9.74. The van der Waals surface area contributed by atoms with Gasteiger partial charge < -0.3 is 10.3 Å². The Balaban J connectivity index is 1.82. The quantitative estimate of drug-likeness (QED) is 0.879. The molecule has 3 heterocycles. The number of hydrogen-bond donors (Lipinski definition) is 2. The molecule has 0 bridgehead atoms. The van der Waals surface area contributed by atoms with Crippen molar-refractivity contribution in [2.75, 3.05) is 6.54 Å². The lowest BCUT2D eigenvalue weighted by Crippen LogP contribution is -2.27. The van der Waals surface area contributed by atoms with E-state index in [0.29, 0.717) is 12.0 Å². The molecule has 0 spiro atoms. The van der Waals surface area contributed by atoms with Gasteiger partial charge in [-0.3, -0.25) is 4.79 Å². The van der Waals surface area contributed by atoms with Crippen LogP contribution in [0.3, 0.4) is 0 Å². The smallest absolute Gasteiger partial charge is 0.277 e. The number of fused-ring (bicyclic) bond motifs is 1. The zero-order valence-electron chi connectivity index (χ0n) is 11.8. The van der Waals surface area contributed by atoms with Gasteiger partial charge in [-0.15, -0.1) is 0 Å². The zero-order valence-corrected chi connectivity index (χ0v) is 11.8. The van der Waals surface area contributed by atoms with Crippen LogP contribution in [-0.2, 0) is 0 Å². The van der Waals surface area contributed by atoms with Crippen molar-refractivity contribution in [1.82, 2.24) is 19.9 Å². The summed E-state index contributed by atoms with van der Waals surface area (Å²) in [7, 11) is 0. The molecule has 1 atom stereocenters. The first kappa shape index (κ1) is 12.1. The van der Waals surface area contributed by atoms with Gasteiger partial charge in [-0.25, -0.2) is 0 Å². The van der Waals surface area contributed by atoms with Crippen molar-refractivity contribution in [3.05, 3.63) is 33.4 Å². The van der Waals surface area contributed by atoms with Gasteiger partial charge in [-0.1, -0.05) is 6.42 Å². The summed E-state index contributed by atoms with van der Waals surface area (Å²) in [5, 5.41) is 8.02. The van der Waals surface area contributed by atoms with E-state index in [9.17, 15) is 4.79 Å². The van der Waals surface area contributed by atoms with Crippen LogP contribution in [0.15, 0.2) is 10.9 Å². The van der Waals surface area contributed by atoms with Crippen molar-refractivity contribution in [2.24, 2.45) is 0 Å². The van der Waals surface area contributed by atoms with Gasteiger partial charge in [0.15, 0.2) is 0 Å². The second kappa shape index (κ2) is 4.45. The van der Waals surface area contributed by atoms with Crippen LogP contribution in [0.2, 0.25) is 0 Å². The molecule has 1 saturated carbocycles. The lowest BCUT2D eigenvalue weighted by Gasteiger charge is -2.21. The number of aromatic amines is 1. The molecule has 2 aliphatic rings. The van der Waals surface area contributed by atoms with Crippen molar-refractivity contribution >= 4 is 5.65 Å². The molecule has 2 fully saturated rings. The molecule has 0 radical (unpaired) electrons. The molecule has 106 valence electrons. The maximum atomic E-state index is 12.4. The average molecular weight is 272 g/mol. The van der Waals surface area contributed by atoms with E-state index in [1.807, 2.05) is 13.0 Å². The highest BCUT2D eigenvalue weighted by Crippen LogP contribution is 2.39. The van der Waals surface area contributed by atoms with Crippen LogP contribution in [0, 0.1) is 6.92 Å². The normalized spacial score (nSPS) is 23.4. The summed E-state index contributed by atoms with van der Waals surface area (Å²) >= 11 is 0. The Bertz CT molecular complexity index is 704. The van der Waals surface area contributed by atoms with Crippen molar-refractivity contribution in [1.29, 1.82) is 0 Å². The predicted octanol–water partition coefficient (Wildman–Crippen LogP) is 2.02. The van der Waals surface area contributed by atoms with E-state index in [2.05, 4.69) is 15.4 Å². The van der Waals surface area contributed by atoms with Crippen molar-refractivity contribution < 1.29 is 0 Å². The molecule has 1 aliphatic carbocycles. The van der Waals surface area contributed by atoms with Crippen LogP contribution in [-0.4, -0.2) is 21.1 Å². The summed E-state index contributed by atoms with van der Waals surface area (Å²) in [5.41, 5.74) is 3.80. The first-order valence-electron chi connectivity index (χ1n) is 7.60. The summed E-state index contributed by atoms with van der Waals surface area (Å²) in [5.74, 6) is 0.554. The molecule has 20 heavy (non-hydrogen) atoms. The Labute approximate surface area is 117 Å². The van der Waals surface area contributed by atoms with E-state index in [0.717, 1.165) is 35.6 Å². The second-order valence-electron chi connectivity index (χ2n) is 6.11. The zero-order chi connectivity index (χ0) is 13.7. The van der Waals surface area contributed by atoms with Crippen LogP contribution in [0.1, 0.15) is 61.0 Å².